The van der Waals surface area contributed by atoms with Crippen LogP contribution in [0.4, 0.5) is 0 Å². The van der Waals surface area contributed by atoms with E-state index in [0.29, 0.717) is 17.9 Å². The maximum absolute atomic E-state index is 12.8. The number of amides is 2. The van der Waals surface area contributed by atoms with Gasteiger partial charge in [0.2, 0.25) is 18.6 Å². The lowest BCUT2D eigenvalue weighted by Crippen LogP contribution is -2.30. The summed E-state index contributed by atoms with van der Waals surface area (Å²) in [5.74, 6) is 0.875. The summed E-state index contributed by atoms with van der Waals surface area (Å²) >= 11 is 0. The van der Waals surface area contributed by atoms with E-state index in [1.165, 1.54) is 16.0 Å². The van der Waals surface area contributed by atoms with Gasteiger partial charge in [-0.2, -0.15) is 0 Å². The molecule has 2 aromatic rings. The molecule has 2 aliphatic rings. The molecule has 0 radical (unpaired) electrons. The van der Waals surface area contributed by atoms with Gasteiger partial charge in [0.15, 0.2) is 11.5 Å². The average molecular weight is 351 g/mol. The van der Waals surface area contributed by atoms with Crippen molar-refractivity contribution in [3.63, 3.8) is 0 Å². The Labute approximate surface area is 152 Å². The van der Waals surface area contributed by atoms with Gasteiger partial charge in [-0.05, 0) is 43.5 Å². The predicted octanol–water partition coefficient (Wildman–Crippen LogP) is 3.15. The fourth-order valence-corrected chi connectivity index (χ4v) is 3.77. The van der Waals surface area contributed by atoms with Gasteiger partial charge in [-0.1, -0.05) is 35.4 Å². The lowest BCUT2D eigenvalue weighted by atomic mass is 9.95. The Hall–Kier alpha value is -2.82. The molecule has 134 valence electrons. The van der Waals surface area contributed by atoms with Crippen molar-refractivity contribution in [2.75, 3.05) is 6.79 Å². The summed E-state index contributed by atoms with van der Waals surface area (Å²) in [5.41, 5.74) is 4.32. The number of likely N-dealkylation sites (tertiary alicyclic amines) is 1. The van der Waals surface area contributed by atoms with E-state index in [2.05, 4.69) is 18.2 Å². The first-order chi connectivity index (χ1) is 12.5. The Balaban J connectivity index is 1.48. The van der Waals surface area contributed by atoms with Crippen LogP contribution in [0.3, 0.4) is 0 Å². The molecule has 5 nitrogen and oxygen atoms in total. The highest BCUT2D eigenvalue weighted by Crippen LogP contribution is 2.34. The molecule has 26 heavy (non-hydrogen) atoms. The van der Waals surface area contributed by atoms with Crippen molar-refractivity contribution in [3.05, 3.63) is 58.7 Å². The van der Waals surface area contributed by atoms with Crippen molar-refractivity contribution in [2.45, 2.75) is 33.2 Å². The number of ether oxygens (including phenoxy) is 2. The van der Waals surface area contributed by atoms with E-state index in [4.69, 9.17) is 9.47 Å². The molecule has 0 unspecified atom stereocenters. The Morgan fingerprint density at radius 3 is 2.46 bits per heavy atom. The fraction of sp³-hybridized carbons (Fsp3) is 0.333. The molecule has 0 saturated carbocycles. The number of hydrogen-bond donors (Lipinski definition) is 0. The van der Waals surface area contributed by atoms with Crippen LogP contribution in [0.25, 0.3) is 0 Å². The second kappa shape index (κ2) is 6.48. The predicted molar refractivity (Wildman–Crippen MR) is 95.8 cm³/mol. The molecule has 0 aliphatic carbocycles. The quantitative estimate of drug-likeness (QED) is 0.794. The molecule has 2 heterocycles. The SMILES string of the molecule is Cc1cc(C)cc(C[C@@H]2CC(=O)N(Cc3ccc4c(c3)OCO4)C2=O)c1. The zero-order chi connectivity index (χ0) is 18.3. The number of hydrogen-bond acceptors (Lipinski definition) is 4. The monoisotopic (exact) mass is 351 g/mol. The minimum Gasteiger partial charge on any atom is -0.454 e. The number of nitrogens with zero attached hydrogens (tertiary/aromatic N) is 1. The van der Waals surface area contributed by atoms with Crippen LogP contribution in [0.5, 0.6) is 11.5 Å². The number of benzene rings is 2. The summed E-state index contributed by atoms with van der Waals surface area (Å²) < 4.78 is 10.7. The lowest BCUT2D eigenvalue weighted by Gasteiger charge is -2.15. The van der Waals surface area contributed by atoms with E-state index in [9.17, 15) is 9.59 Å². The summed E-state index contributed by atoms with van der Waals surface area (Å²) in [6.45, 7) is 4.57. The van der Waals surface area contributed by atoms with Gasteiger partial charge < -0.3 is 9.47 Å². The second-order valence-electron chi connectivity index (χ2n) is 7.11. The summed E-state index contributed by atoms with van der Waals surface area (Å²) in [4.78, 5) is 26.5. The van der Waals surface area contributed by atoms with Gasteiger partial charge in [0.25, 0.3) is 0 Å². The highest BCUT2D eigenvalue weighted by atomic mass is 16.7. The Morgan fingerprint density at radius 2 is 1.69 bits per heavy atom. The number of carbonyl (C=O) groups excluding carboxylic acids is 2. The molecule has 2 aliphatic heterocycles. The second-order valence-corrected chi connectivity index (χ2v) is 7.11. The van der Waals surface area contributed by atoms with Crippen LogP contribution < -0.4 is 9.47 Å². The maximum Gasteiger partial charge on any atom is 0.233 e. The van der Waals surface area contributed by atoms with Crippen molar-refractivity contribution in [3.8, 4) is 11.5 Å². The minimum atomic E-state index is -0.280. The van der Waals surface area contributed by atoms with Crippen molar-refractivity contribution in [1.29, 1.82) is 0 Å². The molecular formula is C21H21NO4. The molecule has 1 atom stereocenters. The molecule has 0 N–H and O–H groups in total. The van der Waals surface area contributed by atoms with Gasteiger partial charge in [-0.3, -0.25) is 14.5 Å². The molecule has 1 saturated heterocycles. The third-order valence-corrected chi connectivity index (χ3v) is 4.88. The zero-order valence-corrected chi connectivity index (χ0v) is 15.0. The van der Waals surface area contributed by atoms with Crippen molar-refractivity contribution >= 4 is 11.8 Å². The number of carbonyl (C=O) groups is 2. The van der Waals surface area contributed by atoms with Crippen molar-refractivity contribution < 1.29 is 19.1 Å². The van der Waals surface area contributed by atoms with Gasteiger partial charge in [0.05, 0.1) is 12.5 Å². The smallest absolute Gasteiger partial charge is 0.233 e. The zero-order valence-electron chi connectivity index (χ0n) is 15.0. The molecule has 2 amide bonds. The van der Waals surface area contributed by atoms with Gasteiger partial charge in [0, 0.05) is 6.42 Å². The fourth-order valence-electron chi connectivity index (χ4n) is 3.77. The normalized spacial score (nSPS) is 18.7. The first kappa shape index (κ1) is 16.6. The molecular weight excluding hydrogens is 330 g/mol. The molecule has 5 heteroatoms. The van der Waals surface area contributed by atoms with Crippen LogP contribution in [-0.2, 0) is 22.6 Å². The lowest BCUT2D eigenvalue weighted by molar-refractivity contribution is -0.140. The molecule has 0 aromatic heterocycles. The molecule has 2 aromatic carbocycles. The van der Waals surface area contributed by atoms with Crippen LogP contribution in [0, 0.1) is 19.8 Å². The van der Waals surface area contributed by atoms with Gasteiger partial charge >= 0.3 is 0 Å². The number of fused-ring (bicyclic) bond motifs is 1. The molecule has 0 spiro atoms. The van der Waals surface area contributed by atoms with Crippen LogP contribution in [0.2, 0.25) is 0 Å². The highest BCUT2D eigenvalue weighted by molar-refractivity contribution is 6.03. The van der Waals surface area contributed by atoms with Gasteiger partial charge in [0.1, 0.15) is 0 Å². The summed E-state index contributed by atoms with van der Waals surface area (Å²) in [6.07, 6.45) is 0.876. The highest BCUT2D eigenvalue weighted by Gasteiger charge is 2.38. The van der Waals surface area contributed by atoms with Crippen LogP contribution >= 0.6 is 0 Å². The van der Waals surface area contributed by atoms with Crippen LogP contribution in [-0.4, -0.2) is 23.5 Å². The molecule has 0 bridgehead atoms. The van der Waals surface area contributed by atoms with Crippen molar-refractivity contribution in [1.82, 2.24) is 4.90 Å². The van der Waals surface area contributed by atoms with Crippen LogP contribution in [0.15, 0.2) is 36.4 Å². The van der Waals surface area contributed by atoms with E-state index in [1.807, 2.05) is 32.0 Å². The standard InChI is InChI=1S/C21H21NO4/c1-13-5-14(2)7-16(6-13)8-17-10-20(23)22(21(17)24)11-15-3-4-18-19(9-15)26-12-25-18/h3-7,9,17H,8,10-12H2,1-2H3/t17-/m1/s1. The summed E-state index contributed by atoms with van der Waals surface area (Å²) in [6, 6.07) is 11.8. The third-order valence-electron chi connectivity index (χ3n) is 4.88. The Kier molecular flexibility index (Phi) is 4.15. The largest absolute Gasteiger partial charge is 0.454 e. The van der Waals surface area contributed by atoms with E-state index in [-0.39, 0.29) is 37.5 Å². The van der Waals surface area contributed by atoms with Crippen LogP contribution in [0.1, 0.15) is 28.7 Å². The number of rotatable bonds is 4. The number of imide groups is 1. The van der Waals surface area contributed by atoms with E-state index in [1.54, 1.807) is 0 Å². The third kappa shape index (κ3) is 3.17. The van der Waals surface area contributed by atoms with Gasteiger partial charge in [-0.25, -0.2) is 0 Å². The number of aryl methyl sites for hydroxylation is 2. The topological polar surface area (TPSA) is 55.8 Å². The van der Waals surface area contributed by atoms with Gasteiger partial charge in [-0.15, -0.1) is 0 Å². The first-order valence-electron chi connectivity index (χ1n) is 8.79. The van der Waals surface area contributed by atoms with E-state index < -0.39 is 0 Å². The first-order valence-corrected chi connectivity index (χ1v) is 8.79. The maximum atomic E-state index is 12.8. The summed E-state index contributed by atoms with van der Waals surface area (Å²) in [5, 5.41) is 0. The van der Waals surface area contributed by atoms with E-state index in [0.717, 1.165) is 11.1 Å². The van der Waals surface area contributed by atoms with Crippen molar-refractivity contribution in [2.24, 2.45) is 5.92 Å². The molecule has 1 fully saturated rings. The molecule has 4 rings (SSSR count). The Morgan fingerprint density at radius 1 is 0.962 bits per heavy atom. The summed E-state index contributed by atoms with van der Waals surface area (Å²) in [7, 11) is 0. The Bertz CT molecular complexity index is 869. The average Bonchev–Trinajstić information content (AvgIpc) is 3.14. The minimum absolute atomic E-state index is 0.0909. The van der Waals surface area contributed by atoms with E-state index >= 15 is 0 Å².